The Morgan fingerprint density at radius 2 is 2.11 bits per heavy atom. The van der Waals surface area contributed by atoms with Gasteiger partial charge in [0, 0.05) is 18.2 Å². The molecule has 1 amide bonds. The molecule has 0 spiro atoms. The Morgan fingerprint density at radius 3 is 2.78 bits per heavy atom. The van der Waals surface area contributed by atoms with Crippen LogP contribution in [-0.4, -0.2) is 36.2 Å². The summed E-state index contributed by atoms with van der Waals surface area (Å²) in [6, 6.07) is 11.4. The molecule has 0 aliphatic heterocycles. The van der Waals surface area contributed by atoms with Crippen LogP contribution in [0.2, 0.25) is 0 Å². The minimum atomic E-state index is 0.0547. The summed E-state index contributed by atoms with van der Waals surface area (Å²) in [4.78, 5) is 15.4. The predicted octanol–water partition coefficient (Wildman–Crippen LogP) is 4.23. The van der Waals surface area contributed by atoms with Crippen LogP contribution in [0.1, 0.15) is 28.2 Å². The first-order valence-electron chi connectivity index (χ1n) is 8.72. The lowest BCUT2D eigenvalue weighted by Gasteiger charge is -2.20. The van der Waals surface area contributed by atoms with Gasteiger partial charge in [-0.3, -0.25) is 4.79 Å². The van der Waals surface area contributed by atoms with Gasteiger partial charge in [0.25, 0.3) is 5.91 Å². The maximum atomic E-state index is 12.8. The van der Waals surface area contributed by atoms with Gasteiger partial charge in [-0.1, -0.05) is 11.2 Å². The molecule has 0 unspecified atom stereocenters. The Kier molecular flexibility index (Phi) is 4.85. The molecule has 0 N–H and O–H groups in total. The standard InChI is InChI=1S/C20H20N2O4S/c1-24-15-7-8-16(17(11-15)25-2)18-10-13(21-26-18)12-22(14-5-6-14)20(23)19-4-3-9-27-19/h3-4,7-11,14H,5-6,12H2,1-2H3. The van der Waals surface area contributed by atoms with Gasteiger partial charge in [0.05, 0.1) is 31.2 Å². The molecule has 0 saturated heterocycles. The molecule has 1 fully saturated rings. The first-order valence-corrected chi connectivity index (χ1v) is 9.60. The highest BCUT2D eigenvalue weighted by Crippen LogP contribution is 2.35. The summed E-state index contributed by atoms with van der Waals surface area (Å²) >= 11 is 1.46. The fourth-order valence-corrected chi connectivity index (χ4v) is 3.66. The lowest BCUT2D eigenvalue weighted by atomic mass is 10.1. The minimum Gasteiger partial charge on any atom is -0.497 e. The van der Waals surface area contributed by atoms with Gasteiger partial charge in [0.15, 0.2) is 5.76 Å². The van der Waals surface area contributed by atoms with Crippen molar-refractivity contribution in [3.63, 3.8) is 0 Å². The van der Waals surface area contributed by atoms with Gasteiger partial charge < -0.3 is 18.9 Å². The van der Waals surface area contributed by atoms with Crippen LogP contribution in [0.5, 0.6) is 11.5 Å². The van der Waals surface area contributed by atoms with Crippen LogP contribution in [0.25, 0.3) is 11.3 Å². The van der Waals surface area contributed by atoms with E-state index >= 15 is 0 Å². The summed E-state index contributed by atoms with van der Waals surface area (Å²) < 4.78 is 16.2. The van der Waals surface area contributed by atoms with Gasteiger partial charge in [-0.15, -0.1) is 11.3 Å². The van der Waals surface area contributed by atoms with Gasteiger partial charge in [-0.05, 0) is 36.4 Å². The molecule has 6 nitrogen and oxygen atoms in total. The van der Waals surface area contributed by atoms with E-state index in [9.17, 15) is 4.79 Å². The summed E-state index contributed by atoms with van der Waals surface area (Å²) in [6.45, 7) is 0.434. The number of benzene rings is 1. The van der Waals surface area contributed by atoms with E-state index in [1.165, 1.54) is 11.3 Å². The normalized spacial score (nSPS) is 13.4. The topological polar surface area (TPSA) is 64.8 Å². The molecule has 140 valence electrons. The summed E-state index contributed by atoms with van der Waals surface area (Å²) in [6.07, 6.45) is 2.07. The van der Waals surface area contributed by atoms with E-state index in [0.29, 0.717) is 23.8 Å². The van der Waals surface area contributed by atoms with Crippen LogP contribution in [0.3, 0.4) is 0 Å². The number of rotatable bonds is 7. The van der Waals surface area contributed by atoms with Crippen molar-refractivity contribution in [1.82, 2.24) is 10.1 Å². The van der Waals surface area contributed by atoms with Crippen LogP contribution in [0, 0.1) is 0 Å². The summed E-state index contributed by atoms with van der Waals surface area (Å²) in [5, 5.41) is 6.09. The zero-order valence-electron chi connectivity index (χ0n) is 15.2. The number of amides is 1. The quantitative estimate of drug-likeness (QED) is 0.610. The van der Waals surface area contributed by atoms with Crippen molar-refractivity contribution in [2.75, 3.05) is 14.2 Å². The maximum absolute atomic E-state index is 12.8. The van der Waals surface area contributed by atoms with Crippen molar-refractivity contribution in [2.24, 2.45) is 0 Å². The van der Waals surface area contributed by atoms with E-state index in [-0.39, 0.29) is 11.9 Å². The smallest absolute Gasteiger partial charge is 0.264 e. The number of aromatic nitrogens is 1. The van der Waals surface area contributed by atoms with E-state index < -0.39 is 0 Å². The van der Waals surface area contributed by atoms with Gasteiger partial charge in [0.1, 0.15) is 17.2 Å². The molecular formula is C20H20N2O4S. The van der Waals surface area contributed by atoms with Gasteiger partial charge >= 0.3 is 0 Å². The zero-order valence-corrected chi connectivity index (χ0v) is 16.0. The first-order chi connectivity index (χ1) is 13.2. The summed E-state index contributed by atoms with van der Waals surface area (Å²) in [7, 11) is 3.21. The van der Waals surface area contributed by atoms with Crippen molar-refractivity contribution in [3.05, 3.63) is 52.3 Å². The Balaban J connectivity index is 1.56. The number of methoxy groups -OCH3 is 2. The lowest BCUT2D eigenvalue weighted by molar-refractivity contribution is 0.0731. The molecule has 4 rings (SSSR count). The van der Waals surface area contributed by atoms with E-state index in [1.54, 1.807) is 20.3 Å². The maximum Gasteiger partial charge on any atom is 0.264 e. The van der Waals surface area contributed by atoms with Crippen LogP contribution in [-0.2, 0) is 6.54 Å². The van der Waals surface area contributed by atoms with Gasteiger partial charge in [0.2, 0.25) is 0 Å². The number of carbonyl (C=O) groups excluding carboxylic acids is 1. The molecule has 0 radical (unpaired) electrons. The monoisotopic (exact) mass is 384 g/mol. The predicted molar refractivity (Wildman–Crippen MR) is 102 cm³/mol. The fraction of sp³-hybridized carbons (Fsp3) is 0.300. The largest absolute Gasteiger partial charge is 0.497 e. The second kappa shape index (κ2) is 7.44. The van der Waals surface area contributed by atoms with Crippen molar-refractivity contribution in [2.45, 2.75) is 25.4 Å². The first kappa shape index (κ1) is 17.6. The number of hydrogen-bond acceptors (Lipinski definition) is 6. The molecule has 0 bridgehead atoms. The molecule has 1 aliphatic carbocycles. The zero-order chi connectivity index (χ0) is 18.8. The van der Waals surface area contributed by atoms with Crippen LogP contribution >= 0.6 is 11.3 Å². The van der Waals surface area contributed by atoms with E-state index in [1.807, 2.05) is 40.6 Å². The minimum absolute atomic E-state index is 0.0547. The number of thiophene rings is 1. The fourth-order valence-electron chi connectivity index (χ4n) is 2.98. The number of carbonyl (C=O) groups is 1. The van der Waals surface area contributed by atoms with Crippen LogP contribution in [0.15, 0.2) is 46.3 Å². The number of ether oxygens (including phenoxy) is 2. The Morgan fingerprint density at radius 1 is 1.26 bits per heavy atom. The molecular weight excluding hydrogens is 364 g/mol. The van der Waals surface area contributed by atoms with E-state index in [4.69, 9.17) is 14.0 Å². The van der Waals surface area contributed by atoms with Crippen LogP contribution < -0.4 is 9.47 Å². The summed E-state index contributed by atoms with van der Waals surface area (Å²) in [5.74, 6) is 2.01. The Labute approximate surface area is 161 Å². The molecule has 27 heavy (non-hydrogen) atoms. The molecule has 0 atom stereocenters. The highest BCUT2D eigenvalue weighted by Gasteiger charge is 2.34. The average Bonchev–Trinajstić information content (AvgIpc) is 3.20. The SMILES string of the molecule is COc1ccc(-c2cc(CN(C(=O)c3cccs3)C3CC3)no2)c(OC)c1. The highest BCUT2D eigenvalue weighted by molar-refractivity contribution is 7.12. The Hall–Kier alpha value is -2.80. The van der Waals surface area contributed by atoms with Gasteiger partial charge in [-0.25, -0.2) is 0 Å². The molecule has 1 aromatic carbocycles. The van der Waals surface area contributed by atoms with Crippen molar-refractivity contribution >= 4 is 17.2 Å². The van der Waals surface area contributed by atoms with E-state index in [0.717, 1.165) is 29.0 Å². The molecule has 2 aromatic heterocycles. The second-order valence-corrected chi connectivity index (χ2v) is 7.34. The average molecular weight is 384 g/mol. The second-order valence-electron chi connectivity index (χ2n) is 6.39. The molecule has 1 saturated carbocycles. The number of nitrogens with zero attached hydrogens (tertiary/aromatic N) is 2. The third kappa shape index (κ3) is 3.68. The molecule has 2 heterocycles. The van der Waals surface area contributed by atoms with Crippen molar-refractivity contribution in [3.8, 4) is 22.8 Å². The summed E-state index contributed by atoms with van der Waals surface area (Å²) in [5.41, 5.74) is 1.51. The van der Waals surface area contributed by atoms with Crippen molar-refractivity contribution < 1.29 is 18.8 Å². The van der Waals surface area contributed by atoms with E-state index in [2.05, 4.69) is 5.16 Å². The lowest BCUT2D eigenvalue weighted by Crippen LogP contribution is -2.32. The third-order valence-corrected chi connectivity index (χ3v) is 5.40. The van der Waals surface area contributed by atoms with Crippen molar-refractivity contribution in [1.29, 1.82) is 0 Å². The molecule has 1 aliphatic rings. The van der Waals surface area contributed by atoms with Crippen LogP contribution in [0.4, 0.5) is 0 Å². The molecule has 3 aromatic rings. The highest BCUT2D eigenvalue weighted by atomic mass is 32.1. The number of hydrogen-bond donors (Lipinski definition) is 0. The molecule has 7 heteroatoms. The van der Waals surface area contributed by atoms with Gasteiger partial charge in [-0.2, -0.15) is 0 Å². The third-order valence-electron chi connectivity index (χ3n) is 4.55. The Bertz CT molecular complexity index is 931.